The first-order valence-corrected chi connectivity index (χ1v) is 11.4. The Kier molecular flexibility index (Phi) is 9.06. The van der Waals surface area contributed by atoms with Crippen LogP contribution in [0.3, 0.4) is 0 Å². The summed E-state index contributed by atoms with van der Waals surface area (Å²) in [6, 6.07) is 8.02. The Morgan fingerprint density at radius 3 is 2.59 bits per heavy atom. The number of alkyl halides is 3. The number of hydrogen-bond donors (Lipinski definition) is 3. The van der Waals surface area contributed by atoms with E-state index in [1.54, 1.807) is 30.5 Å². The molecule has 184 valence electrons. The smallest absolute Gasteiger partial charge is 0.416 e. The minimum Gasteiger partial charge on any atom is -0.481 e. The lowest BCUT2D eigenvalue weighted by Crippen LogP contribution is -2.18. The highest BCUT2D eigenvalue weighted by molar-refractivity contribution is 5.66. The summed E-state index contributed by atoms with van der Waals surface area (Å²) in [7, 11) is 0. The molecule has 1 heterocycles. The van der Waals surface area contributed by atoms with Crippen LogP contribution < -0.4 is 10.8 Å². The lowest BCUT2D eigenvalue weighted by Gasteiger charge is -2.25. The molecule has 0 aliphatic heterocycles. The van der Waals surface area contributed by atoms with Gasteiger partial charge in [-0.05, 0) is 48.1 Å². The number of carboxylic acids is 1. The molecule has 0 bridgehead atoms. The van der Waals surface area contributed by atoms with Crippen LogP contribution in [-0.2, 0) is 29.0 Å². The maximum Gasteiger partial charge on any atom is 0.416 e. The number of carboxylic acid groups (broad SMARTS) is 1. The van der Waals surface area contributed by atoms with E-state index in [2.05, 4.69) is 22.4 Å². The van der Waals surface area contributed by atoms with Crippen LogP contribution >= 0.6 is 0 Å². The van der Waals surface area contributed by atoms with E-state index >= 15 is 0 Å². The van der Waals surface area contributed by atoms with Crippen molar-refractivity contribution in [2.75, 3.05) is 6.54 Å². The summed E-state index contributed by atoms with van der Waals surface area (Å²) in [5, 5.41) is 11.6. The molecule has 0 atom stereocenters. The van der Waals surface area contributed by atoms with Crippen LogP contribution in [0.2, 0.25) is 0 Å². The molecule has 1 aliphatic carbocycles. The molecule has 0 spiro atoms. The van der Waals surface area contributed by atoms with Crippen molar-refractivity contribution in [1.82, 2.24) is 15.8 Å². The summed E-state index contributed by atoms with van der Waals surface area (Å²) in [4.78, 5) is 20.2. The van der Waals surface area contributed by atoms with Crippen molar-refractivity contribution in [3.63, 3.8) is 0 Å². The molecule has 0 amide bonds. The number of halogens is 3. The van der Waals surface area contributed by atoms with Crippen LogP contribution in [0, 0.1) is 0 Å². The molecule has 2 aromatic rings. The zero-order chi connectivity index (χ0) is 24.6. The Morgan fingerprint density at radius 1 is 1.18 bits per heavy atom. The van der Waals surface area contributed by atoms with Gasteiger partial charge in [-0.2, -0.15) is 13.2 Å². The fourth-order valence-corrected chi connectivity index (χ4v) is 4.09. The van der Waals surface area contributed by atoms with Crippen molar-refractivity contribution in [2.24, 2.45) is 0 Å². The van der Waals surface area contributed by atoms with Crippen molar-refractivity contribution >= 4 is 11.7 Å². The number of hydroxylamine groups is 1. The molecule has 9 heteroatoms. The van der Waals surface area contributed by atoms with Gasteiger partial charge in [0.25, 0.3) is 0 Å². The third kappa shape index (κ3) is 7.56. The van der Waals surface area contributed by atoms with E-state index in [1.807, 2.05) is 0 Å². The molecule has 1 aliphatic rings. The number of nitrogens with one attached hydrogen (secondary N) is 2. The maximum atomic E-state index is 13.7. The Labute approximate surface area is 197 Å². The zero-order valence-electron chi connectivity index (χ0n) is 19.0. The molecule has 1 aromatic carbocycles. The van der Waals surface area contributed by atoms with Gasteiger partial charge in [-0.15, -0.1) is 0 Å². The first-order valence-electron chi connectivity index (χ1n) is 11.4. The molecule has 0 radical (unpaired) electrons. The van der Waals surface area contributed by atoms with Gasteiger partial charge in [-0.25, -0.2) is 0 Å². The monoisotopic (exact) mass is 477 g/mol. The van der Waals surface area contributed by atoms with Crippen LogP contribution in [0.15, 0.2) is 43.1 Å². The van der Waals surface area contributed by atoms with Gasteiger partial charge in [0.1, 0.15) is 0 Å². The Morgan fingerprint density at radius 2 is 1.94 bits per heavy atom. The van der Waals surface area contributed by atoms with Crippen LogP contribution in [0.25, 0.3) is 5.70 Å². The van der Waals surface area contributed by atoms with Gasteiger partial charge in [0.15, 0.2) is 0 Å². The van der Waals surface area contributed by atoms with Gasteiger partial charge in [-0.1, -0.05) is 38.0 Å². The van der Waals surface area contributed by atoms with E-state index in [-0.39, 0.29) is 18.9 Å². The molecular weight excluding hydrogens is 447 g/mol. The summed E-state index contributed by atoms with van der Waals surface area (Å²) in [5.74, 6) is -0.908. The first-order chi connectivity index (χ1) is 16.2. The van der Waals surface area contributed by atoms with Gasteiger partial charge >= 0.3 is 12.1 Å². The first kappa shape index (κ1) is 25.7. The van der Waals surface area contributed by atoms with E-state index in [0.29, 0.717) is 35.5 Å². The van der Waals surface area contributed by atoms with Crippen LogP contribution in [-0.4, -0.2) is 22.6 Å². The third-order valence-electron chi connectivity index (χ3n) is 5.90. The van der Waals surface area contributed by atoms with Crippen LogP contribution in [0.1, 0.15) is 72.4 Å². The number of rotatable bonds is 11. The predicted molar refractivity (Wildman–Crippen MR) is 122 cm³/mol. The molecule has 1 aromatic heterocycles. The molecule has 34 heavy (non-hydrogen) atoms. The summed E-state index contributed by atoms with van der Waals surface area (Å²) >= 11 is 0. The minimum absolute atomic E-state index is 0.0317. The largest absolute Gasteiger partial charge is 0.481 e. The zero-order valence-corrected chi connectivity index (χ0v) is 19.0. The molecule has 0 saturated heterocycles. The fourth-order valence-electron chi connectivity index (χ4n) is 4.09. The van der Waals surface area contributed by atoms with Crippen molar-refractivity contribution < 1.29 is 27.9 Å². The highest BCUT2D eigenvalue weighted by atomic mass is 19.4. The van der Waals surface area contributed by atoms with Crippen molar-refractivity contribution in [2.45, 2.75) is 63.8 Å². The second-order valence-electron chi connectivity index (χ2n) is 8.48. The average molecular weight is 478 g/mol. The summed E-state index contributed by atoms with van der Waals surface area (Å²) in [6.07, 6.45) is 1.83. The SMILES string of the molecule is C=C(NOCc1ccc(C2CCCCC2)c(C(F)(F)F)c1)c1ccc(CNCCC(=O)O)nc1. The Balaban J connectivity index is 1.53. The summed E-state index contributed by atoms with van der Waals surface area (Å²) < 4.78 is 41.1. The number of hydrogen-bond acceptors (Lipinski definition) is 5. The summed E-state index contributed by atoms with van der Waals surface area (Å²) in [6.45, 7) is 4.60. The molecular formula is C25H30F3N3O3. The van der Waals surface area contributed by atoms with E-state index in [0.717, 1.165) is 37.8 Å². The van der Waals surface area contributed by atoms with E-state index < -0.39 is 17.7 Å². The Hall–Kier alpha value is -2.91. The number of aromatic nitrogens is 1. The summed E-state index contributed by atoms with van der Waals surface area (Å²) in [5.41, 5.74) is 4.73. The van der Waals surface area contributed by atoms with Crippen LogP contribution in [0.5, 0.6) is 0 Å². The van der Waals surface area contributed by atoms with Gasteiger partial charge in [0, 0.05) is 24.8 Å². The fraction of sp³-hybridized carbons (Fsp3) is 0.440. The number of carbonyl (C=O) groups is 1. The van der Waals surface area contributed by atoms with Crippen molar-refractivity contribution in [1.29, 1.82) is 0 Å². The number of nitrogens with zero attached hydrogens (tertiary/aromatic N) is 1. The number of pyridine rings is 1. The standard InChI is InChI=1S/C25H30F3N3O3/c1-17(20-8-9-21(30-14-20)15-29-12-11-24(32)33)31-34-16-18-7-10-22(19-5-3-2-4-6-19)23(13-18)25(26,27)28/h7-10,13-14,19,29,31H,1-6,11-12,15-16H2,(H,32,33). The van der Waals surface area contributed by atoms with Crippen molar-refractivity contribution in [3.05, 3.63) is 71.1 Å². The van der Waals surface area contributed by atoms with Crippen molar-refractivity contribution in [3.8, 4) is 0 Å². The third-order valence-corrected chi connectivity index (χ3v) is 5.90. The molecule has 3 rings (SSSR count). The average Bonchev–Trinajstić information content (AvgIpc) is 2.82. The predicted octanol–water partition coefficient (Wildman–Crippen LogP) is 5.40. The Bertz CT molecular complexity index is 972. The highest BCUT2D eigenvalue weighted by Gasteiger charge is 2.35. The minimum atomic E-state index is -4.41. The molecule has 6 nitrogen and oxygen atoms in total. The van der Waals surface area contributed by atoms with Gasteiger partial charge in [0.2, 0.25) is 0 Å². The number of aliphatic carboxylic acids is 1. The lowest BCUT2D eigenvalue weighted by atomic mass is 9.81. The van der Waals surface area contributed by atoms with E-state index in [4.69, 9.17) is 9.94 Å². The normalized spacial score (nSPS) is 14.7. The quantitative estimate of drug-likeness (QED) is 0.297. The van der Waals surface area contributed by atoms with E-state index in [9.17, 15) is 18.0 Å². The number of benzene rings is 1. The molecule has 1 saturated carbocycles. The van der Waals surface area contributed by atoms with E-state index in [1.165, 1.54) is 6.07 Å². The second-order valence-corrected chi connectivity index (χ2v) is 8.48. The lowest BCUT2D eigenvalue weighted by molar-refractivity contribution is -0.139. The van der Waals surface area contributed by atoms with Crippen LogP contribution in [0.4, 0.5) is 13.2 Å². The van der Waals surface area contributed by atoms with Gasteiger partial charge in [-0.3, -0.25) is 20.1 Å². The molecule has 3 N–H and O–H groups in total. The van der Waals surface area contributed by atoms with Gasteiger partial charge < -0.3 is 10.4 Å². The highest BCUT2D eigenvalue weighted by Crippen LogP contribution is 2.41. The second kappa shape index (κ2) is 12.0. The maximum absolute atomic E-state index is 13.7. The van der Waals surface area contributed by atoms with Gasteiger partial charge in [0.05, 0.1) is 30.0 Å². The molecule has 1 fully saturated rings. The topological polar surface area (TPSA) is 83.5 Å². The molecule has 0 unspecified atom stereocenters.